The normalized spacial score (nSPS) is 15.1. The lowest BCUT2D eigenvalue weighted by Gasteiger charge is -2.27. The van der Waals surface area contributed by atoms with Crippen molar-refractivity contribution < 1.29 is 32.9 Å². The molecule has 2 amide bonds. The molecule has 2 aromatic rings. The molecular formula is C25H30FN3O6. The van der Waals surface area contributed by atoms with Gasteiger partial charge in [-0.1, -0.05) is 18.2 Å². The van der Waals surface area contributed by atoms with Crippen molar-refractivity contribution >= 4 is 17.5 Å². The zero-order valence-electron chi connectivity index (χ0n) is 20.3. The summed E-state index contributed by atoms with van der Waals surface area (Å²) in [6.45, 7) is 0.0329. The zero-order valence-corrected chi connectivity index (χ0v) is 20.3. The van der Waals surface area contributed by atoms with Crippen LogP contribution < -0.4 is 9.47 Å². The van der Waals surface area contributed by atoms with E-state index in [1.165, 1.54) is 37.3 Å². The average Bonchev–Trinajstić information content (AvgIpc) is 3.31. The average molecular weight is 488 g/mol. The monoisotopic (exact) mass is 487 g/mol. The summed E-state index contributed by atoms with van der Waals surface area (Å²) in [4.78, 5) is 27.4. The van der Waals surface area contributed by atoms with Gasteiger partial charge in [-0.2, -0.15) is 5.10 Å². The van der Waals surface area contributed by atoms with Gasteiger partial charge in [-0.15, -0.1) is 0 Å². The molecule has 0 aromatic heterocycles. The fourth-order valence-corrected chi connectivity index (χ4v) is 3.88. The molecule has 1 atom stereocenters. The molecule has 1 aliphatic rings. The highest BCUT2D eigenvalue weighted by atomic mass is 19.1. The van der Waals surface area contributed by atoms with Crippen molar-refractivity contribution in [1.29, 1.82) is 0 Å². The fraction of sp³-hybridized carbons (Fsp3) is 0.400. The maximum Gasteiger partial charge on any atom is 0.262 e. The number of hydrogen-bond donors (Lipinski definition) is 0. The van der Waals surface area contributed by atoms with E-state index in [1.807, 2.05) is 0 Å². The van der Waals surface area contributed by atoms with Gasteiger partial charge in [0.05, 0.1) is 32.6 Å². The molecule has 0 aliphatic carbocycles. The van der Waals surface area contributed by atoms with Crippen molar-refractivity contribution in [3.63, 3.8) is 0 Å². The number of hydrazone groups is 1. The number of nitrogens with zero attached hydrogens (tertiary/aromatic N) is 3. The second-order valence-corrected chi connectivity index (χ2v) is 7.83. The summed E-state index contributed by atoms with van der Waals surface area (Å²) < 4.78 is 35.5. The fourth-order valence-electron chi connectivity index (χ4n) is 3.88. The Morgan fingerprint density at radius 1 is 1.09 bits per heavy atom. The van der Waals surface area contributed by atoms with E-state index in [9.17, 15) is 14.0 Å². The number of halogens is 1. The van der Waals surface area contributed by atoms with Gasteiger partial charge in [0.1, 0.15) is 30.5 Å². The van der Waals surface area contributed by atoms with E-state index >= 15 is 0 Å². The number of hydrogen-bond acceptors (Lipinski definition) is 7. The van der Waals surface area contributed by atoms with E-state index < -0.39 is 17.8 Å². The van der Waals surface area contributed by atoms with Crippen molar-refractivity contribution in [2.24, 2.45) is 5.10 Å². The molecule has 1 heterocycles. The Hall–Kier alpha value is -3.50. The third kappa shape index (κ3) is 6.14. The van der Waals surface area contributed by atoms with Crippen LogP contribution in [0.2, 0.25) is 0 Å². The maximum atomic E-state index is 14.6. The van der Waals surface area contributed by atoms with Gasteiger partial charge in [-0.25, -0.2) is 9.40 Å². The Morgan fingerprint density at radius 2 is 1.86 bits per heavy atom. The third-order valence-corrected chi connectivity index (χ3v) is 5.66. The molecule has 1 aliphatic heterocycles. The minimum Gasteiger partial charge on any atom is -0.497 e. The van der Waals surface area contributed by atoms with E-state index in [0.717, 1.165) is 0 Å². The second kappa shape index (κ2) is 12.3. The van der Waals surface area contributed by atoms with Crippen LogP contribution in [0.15, 0.2) is 47.6 Å². The van der Waals surface area contributed by atoms with E-state index in [4.69, 9.17) is 18.9 Å². The summed E-state index contributed by atoms with van der Waals surface area (Å²) in [5.41, 5.74) is 1.38. The molecule has 0 N–H and O–H groups in total. The van der Waals surface area contributed by atoms with Crippen molar-refractivity contribution in [2.45, 2.75) is 12.5 Å². The molecule has 9 nitrogen and oxygen atoms in total. The summed E-state index contributed by atoms with van der Waals surface area (Å²) in [7, 11) is 5.99. The quantitative estimate of drug-likeness (QED) is 0.484. The van der Waals surface area contributed by atoms with Crippen LogP contribution in [0.1, 0.15) is 23.6 Å². The molecular weight excluding hydrogens is 457 g/mol. The van der Waals surface area contributed by atoms with E-state index in [2.05, 4.69) is 5.10 Å². The van der Waals surface area contributed by atoms with Crippen LogP contribution in [0.25, 0.3) is 0 Å². The Bertz CT molecular complexity index is 1080. The van der Waals surface area contributed by atoms with Crippen LogP contribution in [0, 0.1) is 5.82 Å². The van der Waals surface area contributed by atoms with Crippen LogP contribution in [0.3, 0.4) is 0 Å². The largest absolute Gasteiger partial charge is 0.497 e. The zero-order chi connectivity index (χ0) is 25.4. The van der Waals surface area contributed by atoms with Crippen molar-refractivity contribution in [2.75, 3.05) is 54.7 Å². The molecule has 0 fully saturated rings. The Labute approximate surface area is 204 Å². The lowest BCUT2D eigenvalue weighted by atomic mass is 9.97. The molecule has 35 heavy (non-hydrogen) atoms. The first-order chi connectivity index (χ1) is 16.9. The molecule has 188 valence electrons. The minimum atomic E-state index is -0.594. The number of rotatable bonds is 11. The van der Waals surface area contributed by atoms with Crippen LogP contribution in [0.5, 0.6) is 11.5 Å². The van der Waals surface area contributed by atoms with E-state index in [0.29, 0.717) is 28.3 Å². The number of methoxy groups -OCH3 is 4. The van der Waals surface area contributed by atoms with Crippen LogP contribution in [-0.2, 0) is 19.1 Å². The summed E-state index contributed by atoms with van der Waals surface area (Å²) in [5.74, 6) is -0.124. The van der Waals surface area contributed by atoms with Gasteiger partial charge in [0.25, 0.3) is 5.91 Å². The van der Waals surface area contributed by atoms with Gasteiger partial charge in [-0.05, 0) is 24.3 Å². The highest BCUT2D eigenvalue weighted by Gasteiger charge is 2.36. The number of ether oxygens (including phenoxy) is 4. The molecule has 2 aromatic carbocycles. The number of carbonyl (C=O) groups excluding carboxylic acids is 2. The molecule has 0 saturated carbocycles. The smallest absolute Gasteiger partial charge is 0.262 e. The van der Waals surface area contributed by atoms with Gasteiger partial charge in [-0.3, -0.25) is 9.59 Å². The SMILES string of the molecule is COCCN(CC(=O)N1N=C(c2ccccc2F)C[C@H]1c1cc(OC)ccc1OC)C(=O)COC. The highest BCUT2D eigenvalue weighted by molar-refractivity contribution is 6.03. The Balaban J connectivity index is 1.99. The summed E-state index contributed by atoms with van der Waals surface area (Å²) in [6.07, 6.45) is 0.250. The molecule has 0 unspecified atom stereocenters. The Morgan fingerprint density at radius 3 is 2.51 bits per heavy atom. The van der Waals surface area contributed by atoms with E-state index in [-0.39, 0.29) is 38.6 Å². The summed E-state index contributed by atoms with van der Waals surface area (Å²) in [6, 6.07) is 10.9. The maximum absolute atomic E-state index is 14.6. The molecule has 3 rings (SSSR count). The predicted molar refractivity (Wildman–Crippen MR) is 127 cm³/mol. The predicted octanol–water partition coefficient (Wildman–Crippen LogP) is 2.64. The molecule has 10 heteroatoms. The van der Waals surface area contributed by atoms with Crippen molar-refractivity contribution in [3.8, 4) is 11.5 Å². The molecule has 0 spiro atoms. The first-order valence-corrected chi connectivity index (χ1v) is 11.1. The first kappa shape index (κ1) is 26.1. The lowest BCUT2D eigenvalue weighted by molar-refractivity contribution is -0.144. The summed E-state index contributed by atoms with van der Waals surface area (Å²) in [5, 5.41) is 5.80. The second-order valence-electron chi connectivity index (χ2n) is 7.83. The van der Waals surface area contributed by atoms with Crippen LogP contribution >= 0.6 is 0 Å². The van der Waals surface area contributed by atoms with Gasteiger partial charge in [0.15, 0.2) is 0 Å². The lowest BCUT2D eigenvalue weighted by Crippen LogP contribution is -2.44. The van der Waals surface area contributed by atoms with Crippen LogP contribution in [-0.4, -0.2) is 82.2 Å². The van der Waals surface area contributed by atoms with Crippen molar-refractivity contribution in [3.05, 3.63) is 59.4 Å². The van der Waals surface area contributed by atoms with Gasteiger partial charge in [0.2, 0.25) is 5.91 Å². The standard InChI is InChI=1S/C25H30FN3O6/c1-32-12-11-28(25(31)16-33-2)15-24(30)29-22(19-13-17(34-3)9-10-23(19)35-4)14-21(27-29)18-7-5-6-8-20(18)26/h5-10,13,22H,11-12,14-16H2,1-4H3/t22-/m0/s1. The Kier molecular flexibility index (Phi) is 9.16. The molecule has 0 radical (unpaired) electrons. The van der Waals surface area contributed by atoms with Crippen LogP contribution in [0.4, 0.5) is 4.39 Å². The number of amides is 2. The van der Waals surface area contributed by atoms with Gasteiger partial charge in [0, 0.05) is 38.3 Å². The third-order valence-electron chi connectivity index (χ3n) is 5.66. The topological polar surface area (TPSA) is 89.9 Å². The number of benzene rings is 2. The van der Waals surface area contributed by atoms with Gasteiger partial charge < -0.3 is 23.8 Å². The molecule has 0 saturated heterocycles. The van der Waals surface area contributed by atoms with Crippen molar-refractivity contribution in [1.82, 2.24) is 9.91 Å². The highest BCUT2D eigenvalue weighted by Crippen LogP contribution is 2.39. The van der Waals surface area contributed by atoms with Gasteiger partial charge >= 0.3 is 0 Å². The molecule has 0 bridgehead atoms. The van der Waals surface area contributed by atoms with E-state index in [1.54, 1.807) is 43.5 Å². The summed E-state index contributed by atoms with van der Waals surface area (Å²) >= 11 is 0. The first-order valence-electron chi connectivity index (χ1n) is 11.1. The number of carbonyl (C=O) groups is 2. The minimum absolute atomic E-state index is 0.173.